The highest BCUT2D eigenvalue weighted by Gasteiger charge is 2.18. The molecule has 5 heteroatoms. The van der Waals surface area contributed by atoms with Gasteiger partial charge < -0.3 is 5.73 Å². The Hall–Kier alpha value is -1.36. The Bertz CT molecular complexity index is 828. The molecule has 0 fully saturated rings. The summed E-state index contributed by atoms with van der Waals surface area (Å²) in [6.07, 6.45) is 0. The smallest absolute Gasteiger partial charge is 0.196 e. The van der Waals surface area contributed by atoms with Crippen LogP contribution in [0.25, 0.3) is 10.1 Å². The van der Waals surface area contributed by atoms with Crippen LogP contribution in [0.2, 0.25) is 5.02 Å². The Balaban J connectivity index is 2.18. The van der Waals surface area contributed by atoms with Crippen LogP contribution in [0.1, 0.15) is 15.9 Å². The van der Waals surface area contributed by atoms with Crippen LogP contribution in [0.4, 0.5) is 5.69 Å². The van der Waals surface area contributed by atoms with E-state index >= 15 is 0 Å². The summed E-state index contributed by atoms with van der Waals surface area (Å²) in [4.78, 5) is 12.7. The molecule has 20 heavy (non-hydrogen) atoms. The van der Waals surface area contributed by atoms with E-state index in [1.54, 1.807) is 18.2 Å². The van der Waals surface area contributed by atoms with Gasteiger partial charge in [-0.2, -0.15) is 0 Å². The number of benzene rings is 2. The first-order valence-corrected chi connectivity index (χ1v) is 7.88. The molecule has 2 nitrogen and oxygen atoms in total. The summed E-state index contributed by atoms with van der Waals surface area (Å²) in [5.74, 6) is -0.105. The molecule has 0 radical (unpaired) electrons. The summed E-state index contributed by atoms with van der Waals surface area (Å²) >= 11 is 11.1. The maximum Gasteiger partial charge on any atom is 0.196 e. The van der Waals surface area contributed by atoms with Gasteiger partial charge in [0.2, 0.25) is 0 Å². The van der Waals surface area contributed by atoms with Crippen LogP contribution in [-0.4, -0.2) is 5.78 Å². The van der Waals surface area contributed by atoms with Crippen LogP contribution < -0.4 is 5.73 Å². The number of carbonyl (C=O) groups excluding carboxylic acids is 1. The Morgan fingerprint density at radius 2 is 2.00 bits per heavy atom. The average Bonchev–Trinajstić information content (AvgIpc) is 2.86. The summed E-state index contributed by atoms with van der Waals surface area (Å²) < 4.78 is 2.04. The van der Waals surface area contributed by atoms with Crippen molar-refractivity contribution in [3.8, 4) is 0 Å². The Morgan fingerprint density at radius 3 is 2.80 bits per heavy atom. The predicted octanol–water partition coefficient (Wildman–Crippen LogP) is 5.13. The van der Waals surface area contributed by atoms with Crippen molar-refractivity contribution in [1.82, 2.24) is 0 Å². The van der Waals surface area contributed by atoms with Gasteiger partial charge in [0, 0.05) is 36.8 Å². The summed E-state index contributed by atoms with van der Waals surface area (Å²) in [6, 6.07) is 10.8. The molecule has 0 bridgehead atoms. The summed E-state index contributed by atoms with van der Waals surface area (Å²) in [5, 5.41) is 3.20. The second-order valence-corrected chi connectivity index (χ2v) is 6.48. The maximum atomic E-state index is 12.7. The van der Waals surface area contributed by atoms with Crippen molar-refractivity contribution in [2.45, 2.75) is 0 Å². The van der Waals surface area contributed by atoms with Gasteiger partial charge in [0.1, 0.15) is 0 Å². The molecule has 1 heterocycles. The Morgan fingerprint density at radius 1 is 1.20 bits per heavy atom. The molecule has 0 spiro atoms. The van der Waals surface area contributed by atoms with Gasteiger partial charge >= 0.3 is 0 Å². The summed E-state index contributed by atoms with van der Waals surface area (Å²) in [6.45, 7) is 0. The van der Waals surface area contributed by atoms with E-state index in [2.05, 4.69) is 15.9 Å². The van der Waals surface area contributed by atoms with Gasteiger partial charge in [-0.15, -0.1) is 11.3 Å². The van der Waals surface area contributed by atoms with E-state index in [-0.39, 0.29) is 5.78 Å². The monoisotopic (exact) mass is 365 g/mol. The maximum absolute atomic E-state index is 12.7. The molecule has 1 aromatic heterocycles. The lowest BCUT2D eigenvalue weighted by atomic mass is 10.0. The molecule has 0 saturated carbocycles. The van der Waals surface area contributed by atoms with Crippen molar-refractivity contribution in [3.63, 3.8) is 0 Å². The molecular formula is C15H9BrClNOS. The molecule has 0 saturated heterocycles. The minimum atomic E-state index is -0.105. The SMILES string of the molecule is Nc1ccc(Cl)c(C(=O)c2csc3c(Br)cccc23)c1. The standard InChI is InChI=1S/C15H9BrClNOS/c16-12-3-1-2-9-11(7-20-15(9)12)14(19)10-6-8(18)4-5-13(10)17/h1-7H,18H2. The fourth-order valence-corrected chi connectivity index (χ4v) is 3.87. The number of anilines is 1. The third-order valence-electron chi connectivity index (χ3n) is 3.03. The van der Waals surface area contributed by atoms with Crippen molar-refractivity contribution in [2.24, 2.45) is 0 Å². The molecule has 3 aromatic rings. The molecule has 2 N–H and O–H groups in total. The third-order valence-corrected chi connectivity index (χ3v) is 5.31. The Labute approximate surface area is 133 Å². The van der Waals surface area contributed by atoms with Gasteiger partial charge in [0.15, 0.2) is 5.78 Å². The average molecular weight is 367 g/mol. The highest BCUT2D eigenvalue weighted by Crippen LogP contribution is 2.34. The molecule has 0 unspecified atom stereocenters. The number of hydrogen-bond acceptors (Lipinski definition) is 3. The van der Waals surface area contributed by atoms with Gasteiger partial charge in [-0.25, -0.2) is 0 Å². The van der Waals surface area contributed by atoms with Gasteiger partial charge in [-0.1, -0.05) is 23.7 Å². The first-order chi connectivity index (χ1) is 9.58. The second-order valence-electron chi connectivity index (χ2n) is 4.33. The van der Waals surface area contributed by atoms with Crippen molar-refractivity contribution in [1.29, 1.82) is 0 Å². The number of hydrogen-bond donors (Lipinski definition) is 1. The zero-order valence-corrected chi connectivity index (χ0v) is 13.3. The first-order valence-electron chi connectivity index (χ1n) is 5.83. The number of fused-ring (bicyclic) bond motifs is 1. The van der Waals surface area contributed by atoms with Gasteiger partial charge in [-0.05, 0) is 40.2 Å². The number of ketones is 1. The van der Waals surface area contributed by atoms with E-state index in [1.807, 2.05) is 23.6 Å². The lowest BCUT2D eigenvalue weighted by Crippen LogP contribution is -2.02. The molecule has 0 amide bonds. The second kappa shape index (κ2) is 5.20. The van der Waals surface area contributed by atoms with Crippen LogP contribution >= 0.6 is 38.9 Å². The Kier molecular flexibility index (Phi) is 3.54. The van der Waals surface area contributed by atoms with E-state index in [0.29, 0.717) is 21.8 Å². The topological polar surface area (TPSA) is 43.1 Å². The lowest BCUT2D eigenvalue weighted by Gasteiger charge is -2.04. The zero-order chi connectivity index (χ0) is 14.3. The molecule has 2 aromatic carbocycles. The fourth-order valence-electron chi connectivity index (χ4n) is 2.06. The van der Waals surface area contributed by atoms with E-state index in [1.165, 1.54) is 11.3 Å². The normalized spacial score (nSPS) is 10.9. The number of halogens is 2. The molecular weight excluding hydrogens is 358 g/mol. The molecule has 3 rings (SSSR count). The minimum Gasteiger partial charge on any atom is -0.399 e. The van der Waals surface area contributed by atoms with E-state index in [9.17, 15) is 4.79 Å². The number of nitrogens with two attached hydrogens (primary N) is 1. The van der Waals surface area contributed by atoms with Crippen molar-refractivity contribution < 1.29 is 4.79 Å². The van der Waals surface area contributed by atoms with Crippen LogP contribution in [-0.2, 0) is 0 Å². The van der Waals surface area contributed by atoms with Crippen LogP contribution in [0.15, 0.2) is 46.3 Å². The molecule has 100 valence electrons. The van der Waals surface area contributed by atoms with E-state index < -0.39 is 0 Å². The predicted molar refractivity (Wildman–Crippen MR) is 88.8 cm³/mol. The minimum absolute atomic E-state index is 0.105. The van der Waals surface area contributed by atoms with Gasteiger partial charge in [0.25, 0.3) is 0 Å². The molecule has 0 aliphatic carbocycles. The fraction of sp³-hybridized carbons (Fsp3) is 0. The highest BCUT2D eigenvalue weighted by molar-refractivity contribution is 9.10. The van der Waals surface area contributed by atoms with Gasteiger partial charge in [0.05, 0.1) is 5.02 Å². The molecule has 0 aliphatic rings. The number of nitrogen functional groups attached to an aromatic ring is 1. The molecule has 0 aliphatic heterocycles. The number of rotatable bonds is 2. The third kappa shape index (κ3) is 2.24. The van der Waals surface area contributed by atoms with Crippen LogP contribution in [0, 0.1) is 0 Å². The van der Waals surface area contributed by atoms with Crippen molar-refractivity contribution in [2.75, 3.05) is 5.73 Å². The van der Waals surface area contributed by atoms with Crippen molar-refractivity contribution >= 4 is 60.4 Å². The number of carbonyl (C=O) groups is 1. The molecule has 0 atom stereocenters. The quantitative estimate of drug-likeness (QED) is 0.504. The first kappa shape index (κ1) is 13.6. The van der Waals surface area contributed by atoms with Crippen LogP contribution in [0.5, 0.6) is 0 Å². The number of thiophene rings is 1. The lowest BCUT2D eigenvalue weighted by molar-refractivity contribution is 0.104. The van der Waals surface area contributed by atoms with E-state index in [4.69, 9.17) is 17.3 Å². The van der Waals surface area contributed by atoms with Crippen molar-refractivity contribution in [3.05, 3.63) is 62.4 Å². The van der Waals surface area contributed by atoms with Crippen LogP contribution in [0.3, 0.4) is 0 Å². The van der Waals surface area contributed by atoms with E-state index in [0.717, 1.165) is 14.6 Å². The summed E-state index contributed by atoms with van der Waals surface area (Å²) in [5.41, 5.74) is 7.35. The van der Waals surface area contributed by atoms with Gasteiger partial charge in [-0.3, -0.25) is 4.79 Å². The summed E-state index contributed by atoms with van der Waals surface area (Å²) in [7, 11) is 0. The largest absolute Gasteiger partial charge is 0.399 e. The highest BCUT2D eigenvalue weighted by atomic mass is 79.9. The zero-order valence-electron chi connectivity index (χ0n) is 10.2.